The average Bonchev–Trinajstić information content (AvgIpc) is 2.36. The number of ether oxygens (including phenoxy) is 1. The molecule has 0 aromatic carbocycles. The smallest absolute Gasteiger partial charge is 0.173 e. The molecule has 0 aliphatic heterocycles. The summed E-state index contributed by atoms with van der Waals surface area (Å²) in [5, 5.41) is 3.12. The summed E-state index contributed by atoms with van der Waals surface area (Å²) in [4.78, 5) is 0. The number of hydrogen-bond donors (Lipinski definition) is 0. The Hall–Kier alpha value is -0.500. The fourth-order valence-corrected chi connectivity index (χ4v) is 1.79. The molecule has 1 aliphatic carbocycles. The lowest BCUT2D eigenvalue weighted by Gasteiger charge is -2.24. The van der Waals surface area contributed by atoms with Gasteiger partial charge >= 0.3 is 0 Å². The number of rotatable bonds is 3. The van der Waals surface area contributed by atoms with Crippen molar-refractivity contribution in [2.24, 2.45) is 5.92 Å². The molecule has 1 aromatic rings. The zero-order chi connectivity index (χ0) is 7.52. The van der Waals surface area contributed by atoms with Gasteiger partial charge in [0.15, 0.2) is 5.06 Å². The molecular formula is C9H12OS. The molecule has 2 rings (SSSR count). The largest absolute Gasteiger partial charge is 0.484 e. The summed E-state index contributed by atoms with van der Waals surface area (Å²) < 4.78 is 5.57. The van der Waals surface area contributed by atoms with Crippen LogP contribution in [0.25, 0.3) is 0 Å². The van der Waals surface area contributed by atoms with Gasteiger partial charge in [-0.1, -0.05) is 6.42 Å². The van der Waals surface area contributed by atoms with Crippen molar-refractivity contribution in [3.63, 3.8) is 0 Å². The molecule has 1 aromatic heterocycles. The van der Waals surface area contributed by atoms with Gasteiger partial charge in [-0.25, -0.2) is 0 Å². The van der Waals surface area contributed by atoms with E-state index in [4.69, 9.17) is 4.74 Å². The molecular weight excluding hydrogens is 156 g/mol. The van der Waals surface area contributed by atoms with Gasteiger partial charge in [-0.15, -0.1) is 11.3 Å². The maximum Gasteiger partial charge on any atom is 0.173 e. The van der Waals surface area contributed by atoms with E-state index in [0.717, 1.165) is 17.6 Å². The lowest BCUT2D eigenvalue weighted by molar-refractivity contribution is 0.184. The van der Waals surface area contributed by atoms with E-state index in [1.54, 1.807) is 11.3 Å². The van der Waals surface area contributed by atoms with Crippen LogP contribution in [-0.2, 0) is 0 Å². The van der Waals surface area contributed by atoms with Crippen LogP contribution in [0.1, 0.15) is 19.3 Å². The fourth-order valence-electron chi connectivity index (χ4n) is 1.21. The quantitative estimate of drug-likeness (QED) is 0.674. The average molecular weight is 168 g/mol. The van der Waals surface area contributed by atoms with Crippen LogP contribution in [0, 0.1) is 5.92 Å². The van der Waals surface area contributed by atoms with Crippen LogP contribution in [0.2, 0.25) is 0 Å². The van der Waals surface area contributed by atoms with Crippen LogP contribution in [0.15, 0.2) is 17.5 Å². The molecule has 0 atom stereocenters. The Morgan fingerprint density at radius 1 is 1.55 bits per heavy atom. The Kier molecular flexibility index (Phi) is 2.13. The molecule has 1 fully saturated rings. The first kappa shape index (κ1) is 7.17. The summed E-state index contributed by atoms with van der Waals surface area (Å²) in [7, 11) is 0. The second-order valence-corrected chi connectivity index (χ2v) is 3.95. The van der Waals surface area contributed by atoms with E-state index in [1.807, 2.05) is 12.1 Å². The summed E-state index contributed by atoms with van der Waals surface area (Å²) in [6.07, 6.45) is 4.13. The summed E-state index contributed by atoms with van der Waals surface area (Å²) in [5.41, 5.74) is 0. The van der Waals surface area contributed by atoms with Crippen LogP contribution < -0.4 is 4.74 Å². The van der Waals surface area contributed by atoms with E-state index in [9.17, 15) is 0 Å². The van der Waals surface area contributed by atoms with Gasteiger partial charge in [0, 0.05) is 0 Å². The van der Waals surface area contributed by atoms with Gasteiger partial charge in [-0.05, 0) is 36.3 Å². The third-order valence-electron chi connectivity index (χ3n) is 2.18. The highest BCUT2D eigenvalue weighted by Crippen LogP contribution is 2.28. The Balaban J connectivity index is 1.74. The van der Waals surface area contributed by atoms with Gasteiger partial charge < -0.3 is 4.74 Å². The van der Waals surface area contributed by atoms with Crippen LogP contribution in [0.3, 0.4) is 0 Å². The molecule has 1 saturated carbocycles. The Morgan fingerprint density at radius 2 is 2.45 bits per heavy atom. The molecule has 0 spiro atoms. The first-order valence-electron chi connectivity index (χ1n) is 4.11. The maximum absolute atomic E-state index is 5.57. The summed E-state index contributed by atoms with van der Waals surface area (Å²) in [6.45, 7) is 0.931. The molecule has 60 valence electrons. The molecule has 1 nitrogen and oxygen atoms in total. The lowest BCUT2D eigenvalue weighted by atomic mass is 9.86. The van der Waals surface area contributed by atoms with Gasteiger partial charge in [0.1, 0.15) is 0 Å². The number of hydrogen-bond acceptors (Lipinski definition) is 2. The first-order valence-corrected chi connectivity index (χ1v) is 4.99. The van der Waals surface area contributed by atoms with E-state index in [-0.39, 0.29) is 0 Å². The van der Waals surface area contributed by atoms with Gasteiger partial charge in [0.25, 0.3) is 0 Å². The maximum atomic E-state index is 5.57. The Labute approximate surface area is 71.0 Å². The summed E-state index contributed by atoms with van der Waals surface area (Å²) in [5.74, 6) is 0.845. The second kappa shape index (κ2) is 3.26. The molecule has 0 amide bonds. The summed E-state index contributed by atoms with van der Waals surface area (Å²) in [6, 6.07) is 4.06. The van der Waals surface area contributed by atoms with Crippen molar-refractivity contribution in [2.45, 2.75) is 19.3 Å². The minimum atomic E-state index is 0.845. The van der Waals surface area contributed by atoms with Crippen LogP contribution in [0.4, 0.5) is 0 Å². The van der Waals surface area contributed by atoms with E-state index in [0.29, 0.717) is 0 Å². The minimum absolute atomic E-state index is 0.845. The van der Waals surface area contributed by atoms with Crippen molar-refractivity contribution in [2.75, 3.05) is 6.61 Å². The SMILES string of the molecule is c1csc(OCC2CCC2)c1. The van der Waals surface area contributed by atoms with Crippen molar-refractivity contribution >= 4 is 11.3 Å². The van der Waals surface area contributed by atoms with Crippen molar-refractivity contribution in [1.29, 1.82) is 0 Å². The van der Waals surface area contributed by atoms with E-state index >= 15 is 0 Å². The summed E-state index contributed by atoms with van der Waals surface area (Å²) >= 11 is 1.68. The molecule has 1 aliphatic rings. The molecule has 0 N–H and O–H groups in total. The highest BCUT2D eigenvalue weighted by atomic mass is 32.1. The Morgan fingerprint density at radius 3 is 3.00 bits per heavy atom. The molecule has 0 saturated heterocycles. The first-order chi connectivity index (χ1) is 5.45. The predicted octanol–water partition coefficient (Wildman–Crippen LogP) is 2.93. The molecule has 0 bridgehead atoms. The third kappa shape index (κ3) is 1.74. The lowest BCUT2D eigenvalue weighted by Crippen LogP contribution is -2.18. The third-order valence-corrected chi connectivity index (χ3v) is 2.96. The predicted molar refractivity (Wildman–Crippen MR) is 47.2 cm³/mol. The van der Waals surface area contributed by atoms with Gasteiger partial charge in [-0.2, -0.15) is 0 Å². The zero-order valence-electron chi connectivity index (χ0n) is 6.45. The van der Waals surface area contributed by atoms with Crippen molar-refractivity contribution in [3.8, 4) is 5.06 Å². The van der Waals surface area contributed by atoms with E-state index in [1.165, 1.54) is 19.3 Å². The van der Waals surface area contributed by atoms with Crippen molar-refractivity contribution in [3.05, 3.63) is 17.5 Å². The van der Waals surface area contributed by atoms with Crippen LogP contribution in [-0.4, -0.2) is 6.61 Å². The fraction of sp³-hybridized carbons (Fsp3) is 0.556. The number of thiophene rings is 1. The van der Waals surface area contributed by atoms with Gasteiger partial charge in [0.2, 0.25) is 0 Å². The van der Waals surface area contributed by atoms with E-state index < -0.39 is 0 Å². The van der Waals surface area contributed by atoms with Gasteiger partial charge in [0.05, 0.1) is 6.61 Å². The van der Waals surface area contributed by atoms with Crippen molar-refractivity contribution in [1.82, 2.24) is 0 Å². The molecule has 2 heteroatoms. The molecule has 11 heavy (non-hydrogen) atoms. The van der Waals surface area contributed by atoms with Gasteiger partial charge in [-0.3, -0.25) is 0 Å². The van der Waals surface area contributed by atoms with Crippen LogP contribution in [0.5, 0.6) is 5.06 Å². The van der Waals surface area contributed by atoms with Crippen molar-refractivity contribution < 1.29 is 4.74 Å². The van der Waals surface area contributed by atoms with Crippen LogP contribution >= 0.6 is 11.3 Å². The topological polar surface area (TPSA) is 9.23 Å². The molecule has 0 unspecified atom stereocenters. The standard InChI is InChI=1S/C9H12OS/c1-3-8(4-1)7-10-9-5-2-6-11-9/h2,5-6,8H,1,3-4,7H2. The minimum Gasteiger partial charge on any atom is -0.484 e. The molecule has 1 heterocycles. The highest BCUT2D eigenvalue weighted by molar-refractivity contribution is 7.11. The normalized spacial score (nSPS) is 17.8. The van der Waals surface area contributed by atoms with E-state index in [2.05, 4.69) is 5.38 Å². The highest BCUT2D eigenvalue weighted by Gasteiger charge is 2.17. The zero-order valence-corrected chi connectivity index (χ0v) is 7.27. The molecule has 0 radical (unpaired) electrons. The monoisotopic (exact) mass is 168 g/mol. The second-order valence-electron chi connectivity index (χ2n) is 3.04. The Bertz CT molecular complexity index is 201.